The molecular weight excluding hydrogens is 263 g/mol. The van der Waals surface area contributed by atoms with Gasteiger partial charge in [-0.3, -0.25) is 9.69 Å². The van der Waals surface area contributed by atoms with E-state index in [1.807, 2.05) is 4.90 Å². The van der Waals surface area contributed by atoms with Gasteiger partial charge in [0, 0.05) is 13.6 Å². The summed E-state index contributed by atoms with van der Waals surface area (Å²) in [4.78, 5) is 24.5. The van der Waals surface area contributed by atoms with Crippen LogP contribution in [0.1, 0.15) is 28.8 Å². The van der Waals surface area contributed by atoms with Gasteiger partial charge < -0.3 is 10.4 Å². The Balaban J connectivity index is 2.12. The van der Waals surface area contributed by atoms with Crippen LogP contribution in [0.2, 0.25) is 0 Å². The van der Waals surface area contributed by atoms with Crippen molar-refractivity contribution in [1.82, 2.24) is 10.2 Å². The van der Waals surface area contributed by atoms with Crippen LogP contribution in [0, 0.1) is 5.82 Å². The maximum absolute atomic E-state index is 13.6. The van der Waals surface area contributed by atoms with Crippen LogP contribution in [0.4, 0.5) is 4.39 Å². The zero-order valence-corrected chi connectivity index (χ0v) is 11.2. The van der Waals surface area contributed by atoms with Crippen molar-refractivity contribution in [2.75, 3.05) is 13.6 Å². The topological polar surface area (TPSA) is 69.6 Å². The zero-order valence-electron chi connectivity index (χ0n) is 11.2. The molecule has 2 N–H and O–H groups in total. The van der Waals surface area contributed by atoms with Crippen LogP contribution in [-0.2, 0) is 11.3 Å². The second-order valence-corrected chi connectivity index (χ2v) is 4.86. The number of amides is 1. The lowest BCUT2D eigenvalue weighted by Gasteiger charge is -2.23. The molecule has 1 aromatic rings. The normalized spacial score (nSPS) is 19.0. The van der Waals surface area contributed by atoms with Gasteiger partial charge in [0.2, 0.25) is 5.91 Å². The van der Waals surface area contributed by atoms with Gasteiger partial charge in [-0.1, -0.05) is 6.07 Å². The van der Waals surface area contributed by atoms with Gasteiger partial charge in [-0.05, 0) is 37.1 Å². The average Bonchev–Trinajstić information content (AvgIpc) is 2.85. The molecule has 2 rings (SSSR count). The van der Waals surface area contributed by atoms with E-state index >= 15 is 0 Å². The SMILES string of the molecule is CNC(=O)C1CCCN1Cc1ccc(C(=O)O)c(F)c1. The highest BCUT2D eigenvalue weighted by Crippen LogP contribution is 2.21. The number of hydrogen-bond donors (Lipinski definition) is 2. The molecule has 1 amide bonds. The number of carboxylic acids is 1. The van der Waals surface area contributed by atoms with Crippen LogP contribution in [0.25, 0.3) is 0 Å². The highest BCUT2D eigenvalue weighted by atomic mass is 19.1. The molecule has 20 heavy (non-hydrogen) atoms. The molecule has 1 heterocycles. The van der Waals surface area contributed by atoms with E-state index in [0.717, 1.165) is 19.4 Å². The number of nitrogens with one attached hydrogen (secondary N) is 1. The number of nitrogens with zero attached hydrogens (tertiary/aromatic N) is 1. The van der Waals surface area contributed by atoms with Crippen molar-refractivity contribution < 1.29 is 19.1 Å². The molecule has 1 aliphatic heterocycles. The third-order valence-electron chi connectivity index (χ3n) is 3.56. The molecule has 0 saturated carbocycles. The predicted octanol–water partition coefficient (Wildman–Crippen LogP) is 1.23. The fourth-order valence-corrected chi connectivity index (χ4v) is 2.54. The molecular formula is C14H17FN2O3. The van der Waals surface area contributed by atoms with E-state index in [-0.39, 0.29) is 17.5 Å². The van der Waals surface area contributed by atoms with Crippen molar-refractivity contribution in [1.29, 1.82) is 0 Å². The van der Waals surface area contributed by atoms with Crippen molar-refractivity contribution >= 4 is 11.9 Å². The minimum atomic E-state index is -1.28. The highest BCUT2D eigenvalue weighted by Gasteiger charge is 2.29. The fraction of sp³-hybridized carbons (Fsp3) is 0.429. The summed E-state index contributed by atoms with van der Waals surface area (Å²) < 4.78 is 13.6. The number of hydrogen-bond acceptors (Lipinski definition) is 3. The van der Waals surface area contributed by atoms with Crippen molar-refractivity contribution in [3.8, 4) is 0 Å². The Hall–Kier alpha value is -1.95. The number of aromatic carboxylic acids is 1. The van der Waals surface area contributed by atoms with Crippen molar-refractivity contribution in [3.05, 3.63) is 35.1 Å². The van der Waals surface area contributed by atoms with Crippen LogP contribution in [-0.4, -0.2) is 41.5 Å². The third-order valence-corrected chi connectivity index (χ3v) is 3.56. The number of rotatable bonds is 4. The molecule has 1 aliphatic rings. The first-order valence-corrected chi connectivity index (χ1v) is 6.50. The number of likely N-dealkylation sites (N-methyl/N-ethyl adjacent to an activating group) is 1. The van der Waals surface area contributed by atoms with Gasteiger partial charge in [-0.25, -0.2) is 9.18 Å². The first kappa shape index (κ1) is 14.5. The van der Waals surface area contributed by atoms with Crippen LogP contribution in [0.5, 0.6) is 0 Å². The lowest BCUT2D eigenvalue weighted by atomic mass is 10.1. The lowest BCUT2D eigenvalue weighted by Crippen LogP contribution is -2.41. The summed E-state index contributed by atoms with van der Waals surface area (Å²) in [6.45, 7) is 1.22. The van der Waals surface area contributed by atoms with E-state index in [9.17, 15) is 14.0 Å². The van der Waals surface area contributed by atoms with Gasteiger partial charge in [-0.15, -0.1) is 0 Å². The number of halogens is 1. The Morgan fingerprint density at radius 2 is 2.25 bits per heavy atom. The summed E-state index contributed by atoms with van der Waals surface area (Å²) in [6, 6.07) is 3.88. The molecule has 108 valence electrons. The van der Waals surface area contributed by atoms with Gasteiger partial charge in [0.25, 0.3) is 0 Å². The molecule has 0 radical (unpaired) electrons. The van der Waals surface area contributed by atoms with Crippen molar-refractivity contribution in [3.63, 3.8) is 0 Å². The minimum absolute atomic E-state index is 0.0369. The van der Waals surface area contributed by atoms with Crippen LogP contribution >= 0.6 is 0 Å². The second-order valence-electron chi connectivity index (χ2n) is 4.86. The molecule has 0 spiro atoms. The number of carboxylic acid groups (broad SMARTS) is 1. The van der Waals surface area contributed by atoms with E-state index in [2.05, 4.69) is 5.32 Å². The van der Waals surface area contributed by atoms with E-state index in [4.69, 9.17) is 5.11 Å². The molecule has 1 saturated heterocycles. The Morgan fingerprint density at radius 3 is 2.85 bits per heavy atom. The molecule has 1 unspecified atom stereocenters. The Bertz CT molecular complexity index is 533. The molecule has 1 atom stereocenters. The summed E-state index contributed by atoms with van der Waals surface area (Å²) in [7, 11) is 1.60. The molecule has 1 aromatic carbocycles. The van der Waals surface area contributed by atoms with Crippen molar-refractivity contribution in [2.24, 2.45) is 0 Å². The summed E-state index contributed by atoms with van der Waals surface area (Å²) >= 11 is 0. The van der Waals surface area contributed by atoms with Gasteiger partial charge in [0.05, 0.1) is 11.6 Å². The third kappa shape index (κ3) is 2.96. The largest absolute Gasteiger partial charge is 0.478 e. The smallest absolute Gasteiger partial charge is 0.338 e. The summed E-state index contributed by atoms with van der Waals surface area (Å²) in [5.74, 6) is -2.06. The Kier molecular flexibility index (Phi) is 4.34. The molecule has 6 heteroatoms. The molecule has 1 fully saturated rings. The molecule has 0 aromatic heterocycles. The monoisotopic (exact) mass is 280 g/mol. The van der Waals surface area contributed by atoms with Crippen LogP contribution in [0.3, 0.4) is 0 Å². The number of carbonyl (C=O) groups is 2. The molecule has 5 nitrogen and oxygen atoms in total. The first-order valence-electron chi connectivity index (χ1n) is 6.50. The fourth-order valence-electron chi connectivity index (χ4n) is 2.54. The summed E-state index contributed by atoms with van der Waals surface area (Å²) in [6.07, 6.45) is 1.71. The lowest BCUT2D eigenvalue weighted by molar-refractivity contribution is -0.125. The number of likely N-dealkylation sites (tertiary alicyclic amines) is 1. The van der Waals surface area contributed by atoms with Gasteiger partial charge >= 0.3 is 5.97 Å². The highest BCUT2D eigenvalue weighted by molar-refractivity contribution is 5.87. The maximum atomic E-state index is 13.6. The van der Waals surface area contributed by atoms with Gasteiger partial charge in [0.15, 0.2) is 0 Å². The molecule has 0 aliphatic carbocycles. The minimum Gasteiger partial charge on any atom is -0.478 e. The van der Waals surface area contributed by atoms with Crippen LogP contribution < -0.4 is 5.32 Å². The van der Waals surface area contributed by atoms with E-state index < -0.39 is 11.8 Å². The summed E-state index contributed by atoms with van der Waals surface area (Å²) in [5, 5.41) is 11.4. The molecule has 0 bridgehead atoms. The number of carbonyl (C=O) groups excluding carboxylic acids is 1. The standard InChI is InChI=1S/C14H17FN2O3/c1-16-13(18)12-3-2-6-17(12)8-9-4-5-10(14(19)20)11(15)7-9/h4-5,7,12H,2-3,6,8H2,1H3,(H,16,18)(H,19,20). The quantitative estimate of drug-likeness (QED) is 0.870. The van der Waals surface area contributed by atoms with E-state index in [1.165, 1.54) is 12.1 Å². The predicted molar refractivity (Wildman–Crippen MR) is 70.9 cm³/mol. The van der Waals surface area contributed by atoms with Gasteiger partial charge in [0.1, 0.15) is 5.82 Å². The van der Waals surface area contributed by atoms with E-state index in [0.29, 0.717) is 12.1 Å². The number of benzene rings is 1. The maximum Gasteiger partial charge on any atom is 0.338 e. The van der Waals surface area contributed by atoms with Crippen LogP contribution in [0.15, 0.2) is 18.2 Å². The summed E-state index contributed by atoms with van der Waals surface area (Å²) in [5.41, 5.74) is 0.335. The zero-order chi connectivity index (χ0) is 14.7. The second kappa shape index (κ2) is 6.00. The Labute approximate surface area is 116 Å². The Morgan fingerprint density at radius 1 is 1.50 bits per heavy atom. The average molecular weight is 280 g/mol. The van der Waals surface area contributed by atoms with E-state index in [1.54, 1.807) is 13.1 Å². The van der Waals surface area contributed by atoms with Crippen molar-refractivity contribution in [2.45, 2.75) is 25.4 Å². The van der Waals surface area contributed by atoms with Gasteiger partial charge in [-0.2, -0.15) is 0 Å². The first-order chi connectivity index (χ1) is 9.52.